The van der Waals surface area contributed by atoms with Gasteiger partial charge in [-0.15, -0.1) is 0 Å². The molecule has 3 heteroatoms. The van der Waals surface area contributed by atoms with Crippen LogP contribution in [0.1, 0.15) is 120 Å². The molecule has 0 fully saturated rings. The highest BCUT2D eigenvalue weighted by Gasteiger charge is 2.37. The number of hydrogen-bond acceptors (Lipinski definition) is 3. The Bertz CT molecular complexity index is 736. The van der Waals surface area contributed by atoms with E-state index >= 15 is 0 Å². The second kappa shape index (κ2) is 11.4. The van der Waals surface area contributed by atoms with Crippen molar-refractivity contribution in [3.05, 3.63) is 22.8 Å². The van der Waals surface area contributed by atoms with Crippen LogP contribution in [0.3, 0.4) is 0 Å². The monoisotopic (exact) mass is 430 g/mol. The largest absolute Gasteiger partial charge is 0.507 e. The SMILES string of the molecule is Cc1cc2c(c(C)c1O)C(=O)C[C@@](C)(CCC[C@H](C)CCC[C@H](C)CCCC(C)C)O2. The number of carbonyl (C=O) groups excluding carboxylic acids is 1. The first-order chi connectivity index (χ1) is 14.5. The third-order valence-electron chi connectivity index (χ3n) is 7.14. The maximum absolute atomic E-state index is 12.8. The lowest BCUT2D eigenvalue weighted by Crippen LogP contribution is -2.39. The molecule has 0 aromatic heterocycles. The van der Waals surface area contributed by atoms with E-state index in [2.05, 4.69) is 34.6 Å². The molecule has 1 aliphatic heterocycles. The van der Waals surface area contributed by atoms with Gasteiger partial charge in [-0.05, 0) is 63.0 Å². The van der Waals surface area contributed by atoms with Gasteiger partial charge in [0.2, 0.25) is 0 Å². The second-order valence-electron chi connectivity index (χ2n) is 11.1. The number of phenolic OH excluding ortho intramolecular Hbond substituents is 1. The Morgan fingerprint density at radius 1 is 0.968 bits per heavy atom. The number of Topliss-reactive ketones (excluding diaryl/α,β-unsaturated/α-hetero) is 1. The topological polar surface area (TPSA) is 46.5 Å². The van der Waals surface area contributed by atoms with Crippen molar-refractivity contribution < 1.29 is 14.6 Å². The summed E-state index contributed by atoms with van der Waals surface area (Å²) in [5, 5.41) is 10.2. The molecule has 0 bridgehead atoms. The molecule has 0 saturated heterocycles. The molecule has 0 aliphatic carbocycles. The fraction of sp³-hybridized carbons (Fsp3) is 0.750. The number of fused-ring (bicyclic) bond motifs is 1. The molecule has 3 nitrogen and oxygen atoms in total. The number of aromatic hydroxyl groups is 1. The van der Waals surface area contributed by atoms with Gasteiger partial charge in [0, 0.05) is 5.56 Å². The van der Waals surface area contributed by atoms with Crippen molar-refractivity contribution in [1.29, 1.82) is 0 Å². The van der Waals surface area contributed by atoms with Gasteiger partial charge in [0.1, 0.15) is 17.1 Å². The average Bonchev–Trinajstić information content (AvgIpc) is 2.65. The van der Waals surface area contributed by atoms with Gasteiger partial charge in [-0.1, -0.05) is 72.6 Å². The number of phenols is 1. The number of carbonyl (C=O) groups is 1. The lowest BCUT2D eigenvalue weighted by atomic mass is 9.84. The highest BCUT2D eigenvalue weighted by molar-refractivity contribution is 6.02. The van der Waals surface area contributed by atoms with Gasteiger partial charge in [-0.3, -0.25) is 4.79 Å². The number of aryl methyl sites for hydroxylation is 1. The van der Waals surface area contributed by atoms with Crippen LogP contribution in [0.5, 0.6) is 11.5 Å². The minimum absolute atomic E-state index is 0.0936. The summed E-state index contributed by atoms with van der Waals surface area (Å²) in [5.41, 5.74) is 1.54. The maximum atomic E-state index is 12.8. The number of ketones is 1. The summed E-state index contributed by atoms with van der Waals surface area (Å²) >= 11 is 0. The maximum Gasteiger partial charge on any atom is 0.170 e. The molecule has 0 spiro atoms. The molecule has 1 N–H and O–H groups in total. The molecule has 1 aromatic carbocycles. The zero-order valence-electron chi connectivity index (χ0n) is 21.1. The lowest BCUT2D eigenvalue weighted by Gasteiger charge is -2.36. The fourth-order valence-corrected chi connectivity index (χ4v) is 5.03. The van der Waals surface area contributed by atoms with E-state index in [1.807, 2.05) is 13.0 Å². The molecule has 2 rings (SSSR count). The van der Waals surface area contributed by atoms with Crippen LogP contribution in [0, 0.1) is 31.6 Å². The number of rotatable bonds is 12. The summed E-state index contributed by atoms with van der Waals surface area (Å²) in [6.45, 7) is 15.1. The average molecular weight is 431 g/mol. The van der Waals surface area contributed by atoms with Crippen LogP contribution in [-0.2, 0) is 0 Å². The third kappa shape index (κ3) is 7.54. The smallest absolute Gasteiger partial charge is 0.170 e. The van der Waals surface area contributed by atoms with Gasteiger partial charge in [0.05, 0.1) is 12.0 Å². The minimum atomic E-state index is -0.440. The van der Waals surface area contributed by atoms with Crippen LogP contribution in [0.4, 0.5) is 0 Å². The first-order valence-electron chi connectivity index (χ1n) is 12.6. The van der Waals surface area contributed by atoms with E-state index < -0.39 is 5.60 Å². The summed E-state index contributed by atoms with van der Waals surface area (Å²) in [4.78, 5) is 12.8. The van der Waals surface area contributed by atoms with Crippen molar-refractivity contribution in [2.24, 2.45) is 17.8 Å². The molecule has 0 unspecified atom stereocenters. The standard InChI is InChI=1S/C28H46O3/c1-19(2)11-8-12-20(3)13-9-14-21(4)15-10-16-28(7)18-24(29)26-23(6)27(30)22(5)17-25(26)31-28/h17,19-21,30H,8-16,18H2,1-7H3/t20-,21-,28-/m1/s1. The van der Waals surface area contributed by atoms with E-state index in [0.29, 0.717) is 23.3 Å². The van der Waals surface area contributed by atoms with Crippen molar-refractivity contribution in [2.45, 2.75) is 118 Å². The molecule has 0 radical (unpaired) electrons. The summed E-state index contributed by atoms with van der Waals surface area (Å²) < 4.78 is 6.32. The Morgan fingerprint density at radius 3 is 2.10 bits per heavy atom. The van der Waals surface area contributed by atoms with Crippen LogP contribution < -0.4 is 4.74 Å². The van der Waals surface area contributed by atoms with Crippen molar-refractivity contribution in [1.82, 2.24) is 0 Å². The molecule has 0 saturated carbocycles. The van der Waals surface area contributed by atoms with E-state index in [1.54, 1.807) is 6.92 Å². The van der Waals surface area contributed by atoms with Crippen LogP contribution >= 0.6 is 0 Å². The molecule has 1 heterocycles. The highest BCUT2D eigenvalue weighted by atomic mass is 16.5. The van der Waals surface area contributed by atoms with E-state index in [9.17, 15) is 9.90 Å². The van der Waals surface area contributed by atoms with Gasteiger partial charge < -0.3 is 9.84 Å². The minimum Gasteiger partial charge on any atom is -0.507 e. The zero-order valence-corrected chi connectivity index (χ0v) is 21.1. The first kappa shape index (κ1) is 25.7. The molecule has 31 heavy (non-hydrogen) atoms. The fourth-order valence-electron chi connectivity index (χ4n) is 5.03. The molecule has 0 amide bonds. The Morgan fingerprint density at radius 2 is 1.52 bits per heavy atom. The lowest BCUT2D eigenvalue weighted by molar-refractivity contribution is 0.0444. The molecule has 1 aromatic rings. The van der Waals surface area contributed by atoms with Gasteiger partial charge in [-0.2, -0.15) is 0 Å². The third-order valence-corrected chi connectivity index (χ3v) is 7.14. The van der Waals surface area contributed by atoms with Crippen LogP contribution in [0.15, 0.2) is 6.07 Å². The van der Waals surface area contributed by atoms with Crippen LogP contribution in [0.2, 0.25) is 0 Å². The van der Waals surface area contributed by atoms with Crippen LogP contribution in [-0.4, -0.2) is 16.5 Å². The van der Waals surface area contributed by atoms with Gasteiger partial charge in [0.25, 0.3) is 0 Å². The summed E-state index contributed by atoms with van der Waals surface area (Å²) in [6, 6.07) is 1.82. The summed E-state index contributed by atoms with van der Waals surface area (Å²) in [6.07, 6.45) is 11.6. The normalized spacial score (nSPS) is 20.5. The predicted molar refractivity (Wildman–Crippen MR) is 130 cm³/mol. The zero-order chi connectivity index (χ0) is 23.2. The molecule has 1 aliphatic rings. The number of ether oxygens (including phenoxy) is 1. The van der Waals surface area contributed by atoms with Gasteiger partial charge >= 0.3 is 0 Å². The molecule has 3 atom stereocenters. The number of hydrogen-bond donors (Lipinski definition) is 1. The molecule has 176 valence electrons. The van der Waals surface area contributed by atoms with Gasteiger partial charge in [-0.25, -0.2) is 0 Å². The Labute approximate surface area is 191 Å². The van der Waals surface area contributed by atoms with Crippen molar-refractivity contribution in [3.8, 4) is 11.5 Å². The van der Waals surface area contributed by atoms with Gasteiger partial charge in [0.15, 0.2) is 5.78 Å². The van der Waals surface area contributed by atoms with E-state index in [0.717, 1.165) is 36.2 Å². The summed E-state index contributed by atoms with van der Waals surface area (Å²) in [5.74, 6) is 3.34. The van der Waals surface area contributed by atoms with Crippen molar-refractivity contribution in [2.75, 3.05) is 0 Å². The Kier molecular flexibility index (Phi) is 9.45. The van der Waals surface area contributed by atoms with E-state index in [1.165, 1.54) is 44.9 Å². The first-order valence-corrected chi connectivity index (χ1v) is 12.6. The molecular weight excluding hydrogens is 384 g/mol. The Balaban J connectivity index is 1.75. The van der Waals surface area contributed by atoms with E-state index in [-0.39, 0.29) is 11.5 Å². The van der Waals surface area contributed by atoms with E-state index in [4.69, 9.17) is 4.74 Å². The summed E-state index contributed by atoms with van der Waals surface area (Å²) in [7, 11) is 0. The van der Waals surface area contributed by atoms with Crippen molar-refractivity contribution in [3.63, 3.8) is 0 Å². The quantitative estimate of drug-likeness (QED) is 0.364. The Hall–Kier alpha value is -1.51. The predicted octanol–water partition coefficient (Wildman–Crippen LogP) is 8.17. The number of benzene rings is 1. The molecular formula is C28H46O3. The second-order valence-corrected chi connectivity index (χ2v) is 11.1. The van der Waals surface area contributed by atoms with Crippen LogP contribution in [0.25, 0.3) is 0 Å². The highest BCUT2D eigenvalue weighted by Crippen LogP contribution is 2.41. The van der Waals surface area contributed by atoms with Crippen molar-refractivity contribution >= 4 is 5.78 Å².